The van der Waals surface area contributed by atoms with Gasteiger partial charge in [0, 0.05) is 6.07 Å². The number of halogens is 7. The van der Waals surface area contributed by atoms with E-state index in [4.69, 9.17) is 0 Å². The molecule has 120 valence electrons. The second-order valence-electron chi connectivity index (χ2n) is 4.02. The minimum atomic E-state index is -2.14. The summed E-state index contributed by atoms with van der Waals surface area (Å²) in [5.41, 5.74) is -3.37. The summed E-state index contributed by atoms with van der Waals surface area (Å²) in [5.74, 6) is -12.8. The quantitative estimate of drug-likeness (QED) is 0.361. The first-order valence-corrected chi connectivity index (χ1v) is 6.23. The number of aryl methyl sites for hydroxylation is 1. The van der Waals surface area contributed by atoms with Gasteiger partial charge in [0.25, 0.3) is 0 Å². The highest BCUT2D eigenvalue weighted by Gasteiger charge is 2.27. The molecule has 0 heterocycles. The molecule has 2 rings (SSSR count). The van der Waals surface area contributed by atoms with Crippen molar-refractivity contribution in [1.29, 1.82) is 0 Å². The van der Waals surface area contributed by atoms with Gasteiger partial charge in [0.2, 0.25) is 0 Å². The van der Waals surface area contributed by atoms with Gasteiger partial charge < -0.3 is 0 Å². The standard InChI is InChI=1S/C13H5F7.C2H6/c1-4-2-5(14)8(12(19)10(4)17)9-6(15)3-7(16)11(18)13(9)20;1-2/h2-3H,1H3;1-2H3. The Morgan fingerprint density at radius 3 is 1.45 bits per heavy atom. The summed E-state index contributed by atoms with van der Waals surface area (Å²) in [5, 5.41) is 0. The van der Waals surface area contributed by atoms with Gasteiger partial charge in [-0.2, -0.15) is 0 Å². The average molecular weight is 324 g/mol. The van der Waals surface area contributed by atoms with Gasteiger partial charge in [-0.15, -0.1) is 0 Å². The lowest BCUT2D eigenvalue weighted by Crippen LogP contribution is -2.04. The van der Waals surface area contributed by atoms with Crippen LogP contribution in [0, 0.1) is 47.6 Å². The Balaban J connectivity index is 0.00000116. The fourth-order valence-electron chi connectivity index (χ4n) is 1.74. The van der Waals surface area contributed by atoms with E-state index >= 15 is 0 Å². The SMILES string of the molecule is CC.Cc1cc(F)c(-c2c(F)cc(F)c(F)c2F)c(F)c1F. The van der Waals surface area contributed by atoms with Gasteiger partial charge in [0.15, 0.2) is 29.1 Å². The van der Waals surface area contributed by atoms with Crippen molar-refractivity contribution in [2.24, 2.45) is 0 Å². The maximum Gasteiger partial charge on any atom is 0.195 e. The first kappa shape index (κ1) is 18.0. The molecule has 2 aromatic carbocycles. The molecule has 0 aliphatic rings. The monoisotopic (exact) mass is 324 g/mol. The number of benzene rings is 2. The van der Waals surface area contributed by atoms with Gasteiger partial charge in [-0.3, -0.25) is 0 Å². The van der Waals surface area contributed by atoms with E-state index < -0.39 is 57.4 Å². The first-order chi connectivity index (χ1) is 10.3. The van der Waals surface area contributed by atoms with Crippen molar-refractivity contribution in [2.45, 2.75) is 20.8 Å². The summed E-state index contributed by atoms with van der Waals surface area (Å²) in [7, 11) is 0. The molecule has 0 amide bonds. The Morgan fingerprint density at radius 1 is 0.545 bits per heavy atom. The molecule has 2 aromatic rings. The molecule has 0 saturated carbocycles. The van der Waals surface area contributed by atoms with Crippen LogP contribution in [0.1, 0.15) is 19.4 Å². The normalized spacial score (nSPS) is 10.3. The summed E-state index contributed by atoms with van der Waals surface area (Å²) in [4.78, 5) is 0. The molecule has 0 aliphatic carbocycles. The van der Waals surface area contributed by atoms with Crippen LogP contribution in [-0.2, 0) is 0 Å². The minimum Gasteiger partial charge on any atom is -0.206 e. The Labute approximate surface area is 122 Å². The fourth-order valence-corrected chi connectivity index (χ4v) is 1.74. The second kappa shape index (κ2) is 6.81. The molecule has 0 radical (unpaired) electrons. The molecule has 0 N–H and O–H groups in total. The van der Waals surface area contributed by atoms with Crippen molar-refractivity contribution in [2.75, 3.05) is 0 Å². The van der Waals surface area contributed by atoms with E-state index in [1.807, 2.05) is 13.8 Å². The molecule has 0 spiro atoms. The van der Waals surface area contributed by atoms with Crippen molar-refractivity contribution in [3.05, 3.63) is 58.4 Å². The van der Waals surface area contributed by atoms with Crippen molar-refractivity contribution >= 4 is 0 Å². The second-order valence-corrected chi connectivity index (χ2v) is 4.02. The zero-order valence-corrected chi connectivity index (χ0v) is 11.8. The lowest BCUT2D eigenvalue weighted by Gasteiger charge is -2.11. The van der Waals surface area contributed by atoms with Gasteiger partial charge in [-0.05, 0) is 18.6 Å². The van der Waals surface area contributed by atoms with Crippen LogP contribution >= 0.6 is 0 Å². The largest absolute Gasteiger partial charge is 0.206 e. The topological polar surface area (TPSA) is 0 Å². The van der Waals surface area contributed by atoms with Crippen LogP contribution in [0.5, 0.6) is 0 Å². The third-order valence-corrected chi connectivity index (χ3v) is 2.70. The average Bonchev–Trinajstić information content (AvgIpc) is 2.48. The molecule has 0 aromatic heterocycles. The van der Waals surface area contributed by atoms with Gasteiger partial charge in [0.1, 0.15) is 11.6 Å². The number of hydrogen-bond donors (Lipinski definition) is 0. The van der Waals surface area contributed by atoms with E-state index in [9.17, 15) is 30.7 Å². The Kier molecular flexibility index (Phi) is 5.57. The third-order valence-electron chi connectivity index (χ3n) is 2.70. The molecule has 7 heteroatoms. The van der Waals surface area contributed by atoms with Crippen LogP contribution in [0.2, 0.25) is 0 Å². The van der Waals surface area contributed by atoms with Gasteiger partial charge in [-0.1, -0.05) is 13.8 Å². The molecule has 0 unspecified atom stereocenters. The molecule has 0 saturated heterocycles. The Morgan fingerprint density at radius 2 is 0.955 bits per heavy atom. The summed E-state index contributed by atoms with van der Waals surface area (Å²) < 4.78 is 93.4. The van der Waals surface area contributed by atoms with Crippen LogP contribution in [0.15, 0.2) is 12.1 Å². The Bertz CT molecular complexity index is 647. The molecular formula is C15H11F7. The van der Waals surface area contributed by atoms with E-state index in [-0.39, 0.29) is 6.07 Å². The summed E-state index contributed by atoms with van der Waals surface area (Å²) >= 11 is 0. The highest BCUT2D eigenvalue weighted by Crippen LogP contribution is 2.34. The van der Waals surface area contributed by atoms with Crippen LogP contribution in [0.3, 0.4) is 0 Å². The predicted octanol–water partition coefficient (Wildman–Crippen LogP) is 5.66. The molecule has 0 fully saturated rings. The fraction of sp³-hybridized carbons (Fsp3) is 0.200. The highest BCUT2D eigenvalue weighted by molar-refractivity contribution is 5.67. The highest BCUT2D eigenvalue weighted by atomic mass is 19.2. The van der Waals surface area contributed by atoms with E-state index in [1.165, 1.54) is 0 Å². The third kappa shape index (κ3) is 2.93. The molecule has 0 atom stereocenters. The van der Waals surface area contributed by atoms with E-state index in [0.29, 0.717) is 6.07 Å². The van der Waals surface area contributed by atoms with Crippen molar-refractivity contribution in [1.82, 2.24) is 0 Å². The molecule has 22 heavy (non-hydrogen) atoms. The number of hydrogen-bond acceptors (Lipinski definition) is 0. The van der Waals surface area contributed by atoms with Gasteiger partial charge >= 0.3 is 0 Å². The molecular weight excluding hydrogens is 313 g/mol. The molecule has 0 nitrogen and oxygen atoms in total. The molecule has 0 bridgehead atoms. The Hall–Kier alpha value is -2.05. The molecule has 0 aliphatic heterocycles. The minimum absolute atomic E-state index is 0.0790. The van der Waals surface area contributed by atoms with E-state index in [0.717, 1.165) is 6.92 Å². The predicted molar refractivity (Wildman–Crippen MR) is 67.7 cm³/mol. The number of rotatable bonds is 1. The van der Waals surface area contributed by atoms with E-state index in [2.05, 4.69) is 0 Å². The van der Waals surface area contributed by atoms with Gasteiger partial charge in [0.05, 0.1) is 11.1 Å². The van der Waals surface area contributed by atoms with Crippen molar-refractivity contribution in [3.8, 4) is 11.1 Å². The summed E-state index contributed by atoms with van der Waals surface area (Å²) in [6.45, 7) is 5.03. The van der Waals surface area contributed by atoms with Crippen LogP contribution in [0.25, 0.3) is 11.1 Å². The van der Waals surface area contributed by atoms with E-state index in [1.54, 1.807) is 0 Å². The summed E-state index contributed by atoms with van der Waals surface area (Å²) in [6.07, 6.45) is 0. The lowest BCUT2D eigenvalue weighted by atomic mass is 10.0. The maximum absolute atomic E-state index is 13.6. The summed E-state index contributed by atoms with van der Waals surface area (Å²) in [6, 6.07) is 0.415. The van der Waals surface area contributed by atoms with Crippen molar-refractivity contribution < 1.29 is 30.7 Å². The zero-order chi connectivity index (χ0) is 17.2. The lowest BCUT2D eigenvalue weighted by molar-refractivity contribution is 0.434. The first-order valence-electron chi connectivity index (χ1n) is 6.23. The van der Waals surface area contributed by atoms with Crippen LogP contribution in [-0.4, -0.2) is 0 Å². The maximum atomic E-state index is 13.6. The van der Waals surface area contributed by atoms with Crippen LogP contribution < -0.4 is 0 Å². The smallest absolute Gasteiger partial charge is 0.195 e. The zero-order valence-electron chi connectivity index (χ0n) is 11.8. The van der Waals surface area contributed by atoms with Crippen molar-refractivity contribution in [3.63, 3.8) is 0 Å². The van der Waals surface area contributed by atoms with Crippen LogP contribution in [0.4, 0.5) is 30.7 Å². The van der Waals surface area contributed by atoms with Gasteiger partial charge in [-0.25, -0.2) is 30.7 Å².